The molecule has 0 unspecified atom stereocenters. The van der Waals surface area contributed by atoms with Gasteiger partial charge in [-0.15, -0.1) is 0 Å². The Morgan fingerprint density at radius 2 is 1.96 bits per heavy atom. The van der Waals surface area contributed by atoms with Crippen LogP contribution in [0, 0.1) is 0 Å². The molecule has 1 N–H and O–H groups in total. The molecular formula is C19H24N2O2S2. The van der Waals surface area contributed by atoms with E-state index in [1.807, 2.05) is 53.9 Å². The van der Waals surface area contributed by atoms with Crippen molar-refractivity contribution in [3.05, 3.63) is 36.5 Å². The molecule has 2 aliphatic heterocycles. The highest BCUT2D eigenvalue weighted by molar-refractivity contribution is 8.03. The van der Waals surface area contributed by atoms with E-state index in [0.29, 0.717) is 12.6 Å². The van der Waals surface area contributed by atoms with E-state index in [1.165, 1.54) is 23.0 Å². The minimum atomic E-state index is -0.445. The summed E-state index contributed by atoms with van der Waals surface area (Å²) in [5.41, 5.74) is 0.930. The highest BCUT2D eigenvalue weighted by Gasteiger charge is 2.33. The quantitative estimate of drug-likeness (QED) is 0.889. The number of hydrogen-bond acceptors (Lipinski definition) is 6. The molecule has 2 atom stereocenters. The topological polar surface area (TPSA) is 45.6 Å². The highest BCUT2D eigenvalue weighted by atomic mass is 32.2. The van der Waals surface area contributed by atoms with E-state index in [4.69, 9.17) is 4.74 Å². The second-order valence-electron chi connectivity index (χ2n) is 6.64. The smallest absolute Gasteiger partial charge is 0.129 e. The fraction of sp³-hybridized carbons (Fsp3) is 0.526. The second kappa shape index (κ2) is 8.16. The Kier molecular flexibility index (Phi) is 5.70. The first-order chi connectivity index (χ1) is 12.3. The molecule has 6 heteroatoms. The molecule has 0 bridgehead atoms. The molecule has 0 aliphatic carbocycles. The zero-order valence-corrected chi connectivity index (χ0v) is 15.8. The zero-order chi connectivity index (χ0) is 17.1. The molecular weight excluding hydrogens is 352 g/mol. The zero-order valence-electron chi connectivity index (χ0n) is 14.2. The second-order valence-corrected chi connectivity index (χ2v) is 8.94. The number of aromatic nitrogens is 1. The van der Waals surface area contributed by atoms with E-state index in [9.17, 15) is 5.11 Å². The predicted molar refractivity (Wildman–Crippen MR) is 107 cm³/mol. The Morgan fingerprint density at radius 1 is 1.12 bits per heavy atom. The number of piperidine rings is 1. The van der Waals surface area contributed by atoms with Crippen LogP contribution >= 0.6 is 23.5 Å². The molecule has 2 aliphatic rings. The molecule has 1 aromatic heterocycles. The highest BCUT2D eigenvalue weighted by Crippen LogP contribution is 2.28. The SMILES string of the molecule is O[C@@H]1CN(C2CSCCSC2)CC[C@H]1Oc1cccc2ncccc12. The number of β-amino-alcohol motifs (C(OH)–C–C–N with tert-alkyl or cyclic N) is 1. The van der Waals surface area contributed by atoms with Crippen molar-refractivity contribution in [1.82, 2.24) is 9.88 Å². The van der Waals surface area contributed by atoms with Crippen molar-refractivity contribution in [3.63, 3.8) is 0 Å². The molecule has 0 saturated carbocycles. The Labute approximate surface area is 157 Å². The number of hydrogen-bond donors (Lipinski definition) is 1. The molecule has 2 saturated heterocycles. The van der Waals surface area contributed by atoms with Crippen molar-refractivity contribution < 1.29 is 9.84 Å². The predicted octanol–water partition coefficient (Wildman–Crippen LogP) is 2.90. The molecule has 2 fully saturated rings. The summed E-state index contributed by atoms with van der Waals surface area (Å²) in [4.78, 5) is 6.84. The summed E-state index contributed by atoms with van der Waals surface area (Å²) in [5, 5.41) is 11.7. The van der Waals surface area contributed by atoms with Crippen LogP contribution in [0.4, 0.5) is 0 Å². The van der Waals surface area contributed by atoms with Crippen molar-refractivity contribution in [2.24, 2.45) is 0 Å². The summed E-state index contributed by atoms with van der Waals surface area (Å²) >= 11 is 4.08. The molecule has 1 aromatic carbocycles. The summed E-state index contributed by atoms with van der Waals surface area (Å²) in [7, 11) is 0. The van der Waals surface area contributed by atoms with Crippen LogP contribution < -0.4 is 4.74 Å². The Balaban J connectivity index is 1.42. The van der Waals surface area contributed by atoms with Gasteiger partial charge in [-0.05, 0) is 30.7 Å². The van der Waals surface area contributed by atoms with Gasteiger partial charge in [-0.2, -0.15) is 23.5 Å². The first-order valence-corrected chi connectivity index (χ1v) is 11.2. The Morgan fingerprint density at radius 3 is 2.76 bits per heavy atom. The number of pyridine rings is 1. The minimum Gasteiger partial charge on any atom is -0.487 e. The van der Waals surface area contributed by atoms with Crippen LogP contribution in [0.5, 0.6) is 5.75 Å². The van der Waals surface area contributed by atoms with E-state index < -0.39 is 6.10 Å². The van der Waals surface area contributed by atoms with Crippen molar-refractivity contribution in [2.75, 3.05) is 36.1 Å². The summed E-state index contributed by atoms with van der Waals surface area (Å²) in [5.74, 6) is 5.68. The first kappa shape index (κ1) is 17.5. The van der Waals surface area contributed by atoms with Gasteiger partial charge < -0.3 is 9.84 Å². The standard InChI is InChI=1S/C19H24N2O2S2/c22-17-11-21(14-12-24-9-10-25-13-14)8-6-19(17)23-18-5-1-4-16-15(18)3-2-7-20-16/h1-5,7,14,17,19,22H,6,8-13H2/t17-,19-/m1/s1. The van der Waals surface area contributed by atoms with Gasteiger partial charge in [-0.25, -0.2) is 0 Å². The van der Waals surface area contributed by atoms with Gasteiger partial charge in [0.1, 0.15) is 18.0 Å². The number of nitrogens with zero attached hydrogens (tertiary/aromatic N) is 2. The van der Waals surface area contributed by atoms with Crippen LogP contribution in [0.25, 0.3) is 10.9 Å². The van der Waals surface area contributed by atoms with E-state index in [2.05, 4.69) is 9.88 Å². The van der Waals surface area contributed by atoms with Gasteiger partial charge in [0.25, 0.3) is 0 Å². The number of likely N-dealkylation sites (tertiary alicyclic amines) is 1. The minimum absolute atomic E-state index is 0.145. The normalized spacial score (nSPS) is 26.4. The maximum absolute atomic E-state index is 10.7. The number of ether oxygens (including phenoxy) is 1. The van der Waals surface area contributed by atoms with Crippen molar-refractivity contribution in [1.29, 1.82) is 0 Å². The molecule has 0 radical (unpaired) electrons. The van der Waals surface area contributed by atoms with Gasteiger partial charge in [0, 0.05) is 53.7 Å². The lowest BCUT2D eigenvalue weighted by molar-refractivity contribution is -0.0317. The van der Waals surface area contributed by atoms with Crippen LogP contribution in [0.2, 0.25) is 0 Å². The van der Waals surface area contributed by atoms with Crippen molar-refractivity contribution in [3.8, 4) is 5.75 Å². The molecule has 4 nitrogen and oxygen atoms in total. The van der Waals surface area contributed by atoms with Gasteiger partial charge in [-0.1, -0.05) is 6.07 Å². The summed E-state index contributed by atoms with van der Waals surface area (Å²) in [6.45, 7) is 1.70. The summed E-state index contributed by atoms with van der Waals surface area (Å²) in [6.07, 6.45) is 2.07. The third kappa shape index (κ3) is 4.08. The molecule has 4 rings (SSSR count). The van der Waals surface area contributed by atoms with E-state index >= 15 is 0 Å². The van der Waals surface area contributed by atoms with Gasteiger partial charge in [0.05, 0.1) is 5.52 Å². The lowest BCUT2D eigenvalue weighted by Crippen LogP contribution is -2.53. The van der Waals surface area contributed by atoms with E-state index in [-0.39, 0.29) is 6.10 Å². The van der Waals surface area contributed by atoms with Gasteiger partial charge in [-0.3, -0.25) is 9.88 Å². The van der Waals surface area contributed by atoms with Crippen LogP contribution in [-0.2, 0) is 0 Å². The van der Waals surface area contributed by atoms with Crippen LogP contribution in [0.15, 0.2) is 36.5 Å². The number of benzene rings is 1. The van der Waals surface area contributed by atoms with Crippen LogP contribution in [0.1, 0.15) is 6.42 Å². The lowest BCUT2D eigenvalue weighted by Gasteiger charge is -2.39. The molecule has 0 spiro atoms. The van der Waals surface area contributed by atoms with Gasteiger partial charge in [0.2, 0.25) is 0 Å². The number of aliphatic hydroxyl groups is 1. The van der Waals surface area contributed by atoms with Crippen LogP contribution in [-0.4, -0.2) is 69.3 Å². The molecule has 25 heavy (non-hydrogen) atoms. The van der Waals surface area contributed by atoms with Crippen LogP contribution in [0.3, 0.4) is 0 Å². The van der Waals surface area contributed by atoms with Crippen molar-refractivity contribution >= 4 is 34.4 Å². The number of fused-ring (bicyclic) bond motifs is 1. The Hall–Kier alpha value is -0.950. The summed E-state index contributed by atoms with van der Waals surface area (Å²) in [6, 6.07) is 10.5. The fourth-order valence-electron chi connectivity index (χ4n) is 3.56. The largest absolute Gasteiger partial charge is 0.487 e. The van der Waals surface area contributed by atoms with Gasteiger partial charge in [0.15, 0.2) is 0 Å². The monoisotopic (exact) mass is 376 g/mol. The number of aliphatic hydroxyl groups excluding tert-OH is 1. The number of thioether (sulfide) groups is 2. The molecule has 134 valence electrons. The number of rotatable bonds is 3. The molecule has 3 heterocycles. The first-order valence-electron chi connectivity index (χ1n) is 8.89. The Bertz CT molecular complexity index is 701. The average Bonchev–Trinajstić information content (AvgIpc) is 2.93. The molecule has 0 amide bonds. The van der Waals surface area contributed by atoms with Gasteiger partial charge >= 0.3 is 0 Å². The third-order valence-corrected chi connectivity index (χ3v) is 7.43. The summed E-state index contributed by atoms with van der Waals surface area (Å²) < 4.78 is 6.21. The van der Waals surface area contributed by atoms with E-state index in [1.54, 1.807) is 6.20 Å². The third-order valence-electron chi connectivity index (χ3n) is 4.94. The lowest BCUT2D eigenvalue weighted by atomic mass is 10.0. The molecule has 2 aromatic rings. The maximum Gasteiger partial charge on any atom is 0.129 e. The maximum atomic E-state index is 10.7. The van der Waals surface area contributed by atoms with E-state index in [0.717, 1.165) is 29.6 Å². The van der Waals surface area contributed by atoms with Crippen molar-refractivity contribution in [2.45, 2.75) is 24.7 Å². The average molecular weight is 377 g/mol. The fourth-order valence-corrected chi connectivity index (χ4v) is 6.19.